The van der Waals surface area contributed by atoms with Crippen molar-refractivity contribution in [3.8, 4) is 34.0 Å². The number of nitrogens with one attached hydrogen (secondary N) is 1. The van der Waals surface area contributed by atoms with Gasteiger partial charge in [0, 0.05) is 23.2 Å². The largest absolute Gasteiger partial charge is 0.481 e. The molecule has 2 aliphatic rings. The lowest BCUT2D eigenvalue weighted by Crippen LogP contribution is -2.45. The van der Waals surface area contributed by atoms with Gasteiger partial charge in [-0.2, -0.15) is 4.98 Å². The number of aryl methyl sites for hydroxylation is 2. The van der Waals surface area contributed by atoms with Crippen molar-refractivity contribution in [2.24, 2.45) is 5.92 Å². The minimum absolute atomic E-state index is 0. The van der Waals surface area contributed by atoms with Crippen LogP contribution in [0.3, 0.4) is 0 Å². The fourth-order valence-electron chi connectivity index (χ4n) is 5.47. The van der Waals surface area contributed by atoms with Crippen LogP contribution >= 0.6 is 12.4 Å². The maximum atomic E-state index is 15.1. The fraction of sp³-hybridized carbons (Fsp3) is 0.276. The molecule has 0 amide bonds. The van der Waals surface area contributed by atoms with Crippen LogP contribution in [0.15, 0.2) is 53.1 Å². The first-order valence-electron chi connectivity index (χ1n) is 12.5. The minimum Gasteiger partial charge on any atom is -0.481 e. The first kappa shape index (κ1) is 26.9. The summed E-state index contributed by atoms with van der Waals surface area (Å²) in [5, 5.41) is 16.7. The first-order valence-corrected chi connectivity index (χ1v) is 12.5. The summed E-state index contributed by atoms with van der Waals surface area (Å²) in [4.78, 5) is 15.5. The number of aliphatic carboxylic acids is 1. The Morgan fingerprint density at radius 3 is 2.59 bits per heavy atom. The normalized spacial score (nSPS) is 19.7. The van der Waals surface area contributed by atoms with Gasteiger partial charge in [0.25, 0.3) is 5.89 Å². The van der Waals surface area contributed by atoms with Gasteiger partial charge in [-0.3, -0.25) is 4.79 Å². The topological polar surface area (TPSA) is 88.2 Å². The molecule has 1 aromatic heterocycles. The van der Waals surface area contributed by atoms with E-state index in [1.54, 1.807) is 6.92 Å². The van der Waals surface area contributed by atoms with Crippen LogP contribution in [-0.2, 0) is 11.2 Å². The number of carbonyl (C=O) groups is 1. The molecule has 0 saturated heterocycles. The molecule has 4 aromatic rings. The third kappa shape index (κ3) is 4.92. The molecule has 1 atom stereocenters. The predicted molar refractivity (Wildman–Crippen MR) is 141 cm³/mol. The van der Waals surface area contributed by atoms with Crippen molar-refractivity contribution in [2.45, 2.75) is 44.7 Å². The monoisotopic (exact) mass is 555 g/mol. The summed E-state index contributed by atoms with van der Waals surface area (Å²) >= 11 is 0. The highest BCUT2D eigenvalue weighted by atomic mass is 35.5. The van der Waals surface area contributed by atoms with Gasteiger partial charge >= 0.3 is 5.97 Å². The van der Waals surface area contributed by atoms with Gasteiger partial charge in [-0.15, -0.1) is 12.4 Å². The van der Waals surface area contributed by atoms with Gasteiger partial charge < -0.3 is 14.9 Å². The molecule has 1 heterocycles. The fourth-order valence-corrected chi connectivity index (χ4v) is 5.47. The smallest absolute Gasteiger partial charge is 0.306 e. The molecule has 0 spiro atoms. The van der Waals surface area contributed by atoms with E-state index < -0.39 is 23.4 Å². The van der Waals surface area contributed by atoms with Crippen LogP contribution in [0.4, 0.5) is 13.2 Å². The standard InChI is InChI=1S/C29H24F3N3O3.ClH/c1-14-9-22(24(31)13-21(14)20-3-2-4-23(30)26(20)32)28-34-27(35-38-28)16-5-7-19-15(10-16)6-8-25(19)33-18-11-17(12-18)29(36)37;/h2-5,7,9-10,13,17-18,25,33H,6,8,11-12H2,1H3,(H,36,37);1H. The molecule has 1 fully saturated rings. The van der Waals surface area contributed by atoms with Crippen LogP contribution in [0.25, 0.3) is 34.0 Å². The van der Waals surface area contributed by atoms with Crippen LogP contribution in [-0.4, -0.2) is 27.3 Å². The number of nitrogens with zero attached hydrogens (tertiary/aromatic N) is 2. The van der Waals surface area contributed by atoms with E-state index in [1.165, 1.54) is 23.8 Å². The average Bonchev–Trinajstić information content (AvgIpc) is 3.51. The van der Waals surface area contributed by atoms with E-state index >= 15 is 4.39 Å². The highest BCUT2D eigenvalue weighted by Crippen LogP contribution is 2.38. The van der Waals surface area contributed by atoms with E-state index in [0.717, 1.165) is 36.1 Å². The lowest BCUT2D eigenvalue weighted by atomic mass is 9.80. The Labute approximate surface area is 228 Å². The molecular weight excluding hydrogens is 531 g/mol. The minimum atomic E-state index is -1.03. The molecule has 0 bridgehead atoms. The second kappa shape index (κ2) is 10.5. The highest BCUT2D eigenvalue weighted by Gasteiger charge is 2.36. The molecule has 1 saturated carbocycles. The SMILES string of the molecule is Cc1cc(-c2nc(-c3ccc4c(c3)CCC4NC3CC(C(=O)O)C3)no2)c(F)cc1-c1cccc(F)c1F.Cl. The van der Waals surface area contributed by atoms with Gasteiger partial charge in [0.15, 0.2) is 11.6 Å². The maximum absolute atomic E-state index is 15.1. The highest BCUT2D eigenvalue weighted by molar-refractivity contribution is 5.85. The van der Waals surface area contributed by atoms with Crippen LogP contribution in [0.2, 0.25) is 0 Å². The first-order chi connectivity index (χ1) is 18.3. The van der Waals surface area contributed by atoms with Crippen LogP contribution in [0, 0.1) is 30.3 Å². The van der Waals surface area contributed by atoms with Gasteiger partial charge in [-0.05, 0) is 79.1 Å². The predicted octanol–water partition coefficient (Wildman–Crippen LogP) is 6.66. The summed E-state index contributed by atoms with van der Waals surface area (Å²) in [6, 6.07) is 12.7. The zero-order valence-corrected chi connectivity index (χ0v) is 21.7. The van der Waals surface area contributed by atoms with E-state index in [1.807, 2.05) is 18.2 Å². The maximum Gasteiger partial charge on any atom is 0.306 e. The van der Waals surface area contributed by atoms with Crippen molar-refractivity contribution in [3.63, 3.8) is 0 Å². The Morgan fingerprint density at radius 1 is 1.03 bits per heavy atom. The molecule has 202 valence electrons. The van der Waals surface area contributed by atoms with Gasteiger partial charge in [0.1, 0.15) is 5.82 Å². The second-order valence-corrected chi connectivity index (χ2v) is 10.0. The van der Waals surface area contributed by atoms with Crippen LogP contribution < -0.4 is 5.32 Å². The third-order valence-electron chi connectivity index (χ3n) is 7.62. The quantitative estimate of drug-likeness (QED) is 0.277. The number of benzene rings is 3. The average molecular weight is 556 g/mol. The Balaban J connectivity index is 0.00000308. The zero-order chi connectivity index (χ0) is 26.6. The van der Waals surface area contributed by atoms with Crippen LogP contribution in [0.5, 0.6) is 0 Å². The molecule has 0 radical (unpaired) electrons. The van der Waals surface area contributed by atoms with Crippen molar-refractivity contribution >= 4 is 18.4 Å². The molecule has 10 heteroatoms. The van der Waals surface area contributed by atoms with Gasteiger partial charge in [0.05, 0.1) is 11.5 Å². The Kier molecular flexibility index (Phi) is 7.22. The van der Waals surface area contributed by atoms with Crippen molar-refractivity contribution in [1.29, 1.82) is 0 Å². The zero-order valence-electron chi connectivity index (χ0n) is 20.9. The summed E-state index contributed by atoms with van der Waals surface area (Å²) in [5.74, 6) is -3.40. The van der Waals surface area contributed by atoms with E-state index in [4.69, 9.17) is 9.63 Å². The lowest BCUT2D eigenvalue weighted by molar-refractivity contribution is -0.145. The molecule has 6 nitrogen and oxygen atoms in total. The molecule has 39 heavy (non-hydrogen) atoms. The van der Waals surface area contributed by atoms with Gasteiger partial charge in [-0.25, -0.2) is 13.2 Å². The summed E-state index contributed by atoms with van der Waals surface area (Å²) < 4.78 is 48.5. The molecule has 1 unspecified atom stereocenters. The molecule has 2 N–H and O–H groups in total. The number of fused-ring (bicyclic) bond motifs is 1. The Morgan fingerprint density at radius 2 is 1.82 bits per heavy atom. The number of rotatable bonds is 6. The second-order valence-electron chi connectivity index (χ2n) is 10.0. The Bertz CT molecular complexity index is 1570. The van der Waals surface area contributed by atoms with E-state index in [2.05, 4.69) is 15.5 Å². The molecular formula is C29H25ClF3N3O3. The van der Waals surface area contributed by atoms with Crippen molar-refractivity contribution < 1.29 is 27.6 Å². The number of halogens is 4. The molecule has 3 aromatic carbocycles. The van der Waals surface area contributed by atoms with Gasteiger partial charge in [0.2, 0.25) is 5.82 Å². The van der Waals surface area contributed by atoms with Crippen molar-refractivity contribution in [3.05, 3.63) is 82.7 Å². The number of hydrogen-bond donors (Lipinski definition) is 2. The molecule has 2 aliphatic carbocycles. The number of aromatic nitrogens is 2. The number of carboxylic acid groups (broad SMARTS) is 1. The third-order valence-corrected chi connectivity index (χ3v) is 7.62. The summed E-state index contributed by atoms with van der Waals surface area (Å²) in [5.41, 5.74) is 3.90. The van der Waals surface area contributed by atoms with Crippen LogP contribution in [0.1, 0.15) is 42.0 Å². The van der Waals surface area contributed by atoms with E-state index in [9.17, 15) is 13.6 Å². The lowest BCUT2D eigenvalue weighted by Gasteiger charge is -2.35. The number of hydrogen-bond acceptors (Lipinski definition) is 5. The van der Waals surface area contributed by atoms with E-state index in [-0.39, 0.29) is 53.0 Å². The molecule has 6 rings (SSSR count). The molecule has 0 aliphatic heterocycles. The van der Waals surface area contributed by atoms with Crippen molar-refractivity contribution in [2.75, 3.05) is 0 Å². The van der Waals surface area contributed by atoms with Gasteiger partial charge in [-0.1, -0.05) is 29.4 Å². The summed E-state index contributed by atoms with van der Waals surface area (Å²) in [6.07, 6.45) is 3.10. The number of carboxylic acids is 1. The summed E-state index contributed by atoms with van der Waals surface area (Å²) in [7, 11) is 0. The Hall–Kier alpha value is -3.69. The summed E-state index contributed by atoms with van der Waals surface area (Å²) in [6.45, 7) is 1.68. The van der Waals surface area contributed by atoms with Crippen molar-refractivity contribution in [1.82, 2.24) is 15.5 Å². The van der Waals surface area contributed by atoms with E-state index in [0.29, 0.717) is 24.2 Å².